The lowest BCUT2D eigenvalue weighted by Gasteiger charge is -2.15. The normalized spacial score (nSPS) is 15.0. The van der Waals surface area contributed by atoms with Crippen molar-refractivity contribution < 1.29 is 14.3 Å². The van der Waals surface area contributed by atoms with E-state index in [9.17, 15) is 4.79 Å². The molecule has 6 heteroatoms. The van der Waals surface area contributed by atoms with Gasteiger partial charge in [-0.1, -0.05) is 11.6 Å². The van der Waals surface area contributed by atoms with Crippen LogP contribution >= 0.6 is 11.6 Å². The molecule has 5 nitrogen and oxygen atoms in total. The van der Waals surface area contributed by atoms with E-state index < -0.39 is 0 Å². The maximum Gasteiger partial charge on any atom is 0.238 e. The monoisotopic (exact) mass is 326 g/mol. The van der Waals surface area contributed by atoms with Gasteiger partial charge in [0.2, 0.25) is 5.91 Å². The fraction of sp³-hybridized carbons (Fsp3) is 0.562. The van der Waals surface area contributed by atoms with E-state index >= 15 is 0 Å². The van der Waals surface area contributed by atoms with Crippen LogP contribution in [0.2, 0.25) is 5.02 Å². The summed E-state index contributed by atoms with van der Waals surface area (Å²) in [5.41, 5.74) is 0.669. The Morgan fingerprint density at radius 3 is 2.82 bits per heavy atom. The predicted molar refractivity (Wildman–Crippen MR) is 87.7 cm³/mol. The zero-order valence-electron chi connectivity index (χ0n) is 12.9. The molecule has 0 atom stereocenters. The number of carbonyl (C=O) groups excluding carboxylic acids is 1. The topological polar surface area (TPSA) is 59.6 Å². The van der Waals surface area contributed by atoms with E-state index in [-0.39, 0.29) is 18.6 Å². The molecule has 122 valence electrons. The second kappa shape index (κ2) is 8.98. The number of hydrogen-bond acceptors (Lipinski definition) is 4. The van der Waals surface area contributed by atoms with Crippen molar-refractivity contribution in [1.82, 2.24) is 5.32 Å². The van der Waals surface area contributed by atoms with Gasteiger partial charge in [0.25, 0.3) is 0 Å². The van der Waals surface area contributed by atoms with Gasteiger partial charge in [0.15, 0.2) is 0 Å². The Morgan fingerprint density at radius 1 is 1.36 bits per heavy atom. The van der Waals surface area contributed by atoms with Crippen molar-refractivity contribution >= 4 is 23.2 Å². The van der Waals surface area contributed by atoms with Gasteiger partial charge in [-0.3, -0.25) is 4.79 Å². The Kier molecular flexibility index (Phi) is 6.96. The fourth-order valence-electron chi connectivity index (χ4n) is 2.44. The molecular formula is C16H23ClN2O3. The van der Waals surface area contributed by atoms with Crippen LogP contribution in [0.3, 0.4) is 0 Å². The largest absolute Gasteiger partial charge is 0.489 e. The lowest BCUT2D eigenvalue weighted by atomic mass is 10.2. The van der Waals surface area contributed by atoms with E-state index in [1.54, 1.807) is 13.2 Å². The smallest absolute Gasteiger partial charge is 0.238 e. The molecule has 0 unspecified atom stereocenters. The Hall–Kier alpha value is -1.30. The van der Waals surface area contributed by atoms with Crippen LogP contribution in [0.5, 0.6) is 5.75 Å². The van der Waals surface area contributed by atoms with Gasteiger partial charge in [0.1, 0.15) is 5.75 Å². The minimum Gasteiger partial charge on any atom is -0.489 e. The van der Waals surface area contributed by atoms with Gasteiger partial charge in [-0.25, -0.2) is 0 Å². The molecule has 0 aromatic heterocycles. The highest BCUT2D eigenvalue weighted by Gasteiger charge is 2.17. The summed E-state index contributed by atoms with van der Waals surface area (Å²) >= 11 is 6.23. The van der Waals surface area contributed by atoms with Gasteiger partial charge in [-0.05, 0) is 43.9 Å². The first-order chi connectivity index (χ1) is 10.7. The van der Waals surface area contributed by atoms with Crippen LogP contribution in [0, 0.1) is 0 Å². The molecule has 1 saturated carbocycles. The molecule has 2 N–H and O–H groups in total. The van der Waals surface area contributed by atoms with E-state index in [0.29, 0.717) is 29.6 Å². The number of halogens is 1. The van der Waals surface area contributed by atoms with E-state index in [1.165, 1.54) is 12.8 Å². The summed E-state index contributed by atoms with van der Waals surface area (Å²) in [4.78, 5) is 11.8. The summed E-state index contributed by atoms with van der Waals surface area (Å²) in [6, 6.07) is 5.34. The van der Waals surface area contributed by atoms with E-state index in [1.807, 2.05) is 12.1 Å². The lowest BCUT2D eigenvalue weighted by molar-refractivity contribution is -0.115. The zero-order valence-corrected chi connectivity index (χ0v) is 13.6. The number of benzene rings is 1. The van der Waals surface area contributed by atoms with Crippen LogP contribution in [-0.2, 0) is 9.53 Å². The third-order valence-corrected chi connectivity index (χ3v) is 3.88. The third kappa shape index (κ3) is 5.48. The number of carbonyl (C=O) groups is 1. The Labute approximate surface area is 136 Å². The van der Waals surface area contributed by atoms with Crippen molar-refractivity contribution in [3.8, 4) is 5.75 Å². The molecule has 0 aliphatic heterocycles. The molecule has 1 amide bonds. The average Bonchev–Trinajstić information content (AvgIpc) is 2.99. The first kappa shape index (κ1) is 17.1. The second-order valence-corrected chi connectivity index (χ2v) is 5.79. The highest BCUT2D eigenvalue weighted by molar-refractivity contribution is 6.32. The number of ether oxygens (including phenoxy) is 2. The summed E-state index contributed by atoms with van der Waals surface area (Å²) in [6.07, 6.45) is 4.87. The number of hydrogen-bond donors (Lipinski definition) is 2. The Bertz CT molecular complexity index is 490. The molecule has 1 fully saturated rings. The molecule has 0 radical (unpaired) electrons. The van der Waals surface area contributed by atoms with E-state index in [2.05, 4.69) is 10.6 Å². The maximum absolute atomic E-state index is 11.8. The molecule has 1 aliphatic rings. The minimum atomic E-state index is -0.114. The summed E-state index contributed by atoms with van der Waals surface area (Å²) in [7, 11) is 1.62. The first-order valence-electron chi connectivity index (χ1n) is 7.65. The number of amides is 1. The van der Waals surface area contributed by atoms with Gasteiger partial charge in [0, 0.05) is 19.3 Å². The molecular weight excluding hydrogens is 304 g/mol. The summed E-state index contributed by atoms with van der Waals surface area (Å²) in [5.74, 6) is 0.571. The molecule has 0 heterocycles. The minimum absolute atomic E-state index is 0.114. The summed E-state index contributed by atoms with van der Waals surface area (Å²) < 4.78 is 10.8. The Balaban J connectivity index is 1.81. The van der Waals surface area contributed by atoms with Crippen molar-refractivity contribution in [1.29, 1.82) is 0 Å². The zero-order chi connectivity index (χ0) is 15.8. The van der Waals surface area contributed by atoms with Gasteiger partial charge in [0.05, 0.1) is 24.3 Å². The van der Waals surface area contributed by atoms with Crippen molar-refractivity contribution in [3.63, 3.8) is 0 Å². The number of methoxy groups -OCH3 is 1. The van der Waals surface area contributed by atoms with Crippen LogP contribution in [-0.4, -0.2) is 38.8 Å². The molecule has 0 saturated heterocycles. The predicted octanol–water partition coefficient (Wildman–Crippen LogP) is 2.84. The standard InChI is InChI=1S/C16H23ClN2O3/c1-21-9-8-18-11-16(20)19-12-6-7-15(14(17)10-12)22-13-4-2-3-5-13/h6-7,10,13,18H,2-5,8-9,11H2,1H3,(H,19,20). The van der Waals surface area contributed by atoms with Gasteiger partial charge in [-0.2, -0.15) is 0 Å². The lowest BCUT2D eigenvalue weighted by Crippen LogP contribution is -2.30. The van der Waals surface area contributed by atoms with Crippen LogP contribution in [0.25, 0.3) is 0 Å². The summed E-state index contributed by atoms with van der Waals surface area (Å²) in [6.45, 7) is 1.45. The van der Waals surface area contributed by atoms with Crippen molar-refractivity contribution in [2.75, 3.05) is 32.1 Å². The van der Waals surface area contributed by atoms with E-state index in [0.717, 1.165) is 12.8 Å². The third-order valence-electron chi connectivity index (χ3n) is 3.58. The molecule has 0 spiro atoms. The number of rotatable bonds is 8. The van der Waals surface area contributed by atoms with Gasteiger partial charge < -0.3 is 20.1 Å². The van der Waals surface area contributed by atoms with Crippen LogP contribution in [0.15, 0.2) is 18.2 Å². The average molecular weight is 327 g/mol. The number of anilines is 1. The van der Waals surface area contributed by atoms with Gasteiger partial charge >= 0.3 is 0 Å². The molecule has 1 aromatic rings. The highest BCUT2D eigenvalue weighted by atomic mass is 35.5. The van der Waals surface area contributed by atoms with Crippen molar-refractivity contribution in [3.05, 3.63) is 23.2 Å². The number of nitrogens with one attached hydrogen (secondary N) is 2. The summed E-state index contributed by atoms with van der Waals surface area (Å²) in [5, 5.41) is 6.31. The highest BCUT2D eigenvalue weighted by Crippen LogP contribution is 2.31. The quantitative estimate of drug-likeness (QED) is 0.721. The SMILES string of the molecule is COCCNCC(=O)Nc1ccc(OC2CCCC2)c(Cl)c1. The van der Waals surface area contributed by atoms with Gasteiger partial charge in [-0.15, -0.1) is 0 Å². The first-order valence-corrected chi connectivity index (χ1v) is 8.02. The fourth-order valence-corrected chi connectivity index (χ4v) is 2.67. The Morgan fingerprint density at radius 2 is 2.14 bits per heavy atom. The molecule has 1 aliphatic carbocycles. The van der Waals surface area contributed by atoms with E-state index in [4.69, 9.17) is 21.1 Å². The van der Waals surface area contributed by atoms with Crippen LogP contribution in [0.4, 0.5) is 5.69 Å². The van der Waals surface area contributed by atoms with Crippen molar-refractivity contribution in [2.24, 2.45) is 0 Å². The molecule has 2 rings (SSSR count). The molecule has 0 bridgehead atoms. The van der Waals surface area contributed by atoms with Crippen LogP contribution in [0.1, 0.15) is 25.7 Å². The van der Waals surface area contributed by atoms with Crippen LogP contribution < -0.4 is 15.4 Å². The van der Waals surface area contributed by atoms with Crippen molar-refractivity contribution in [2.45, 2.75) is 31.8 Å². The second-order valence-electron chi connectivity index (χ2n) is 5.39. The molecule has 22 heavy (non-hydrogen) atoms. The molecule has 1 aromatic carbocycles. The maximum atomic E-state index is 11.8.